The van der Waals surface area contributed by atoms with Crippen LogP contribution in [0.4, 0.5) is 21.9 Å². The number of anilines is 3. The smallest absolute Gasteiger partial charge is 0.323 e. The summed E-state index contributed by atoms with van der Waals surface area (Å²) >= 11 is 0. The second kappa shape index (κ2) is 12.4. The van der Waals surface area contributed by atoms with Gasteiger partial charge in [-0.2, -0.15) is 0 Å². The highest BCUT2D eigenvalue weighted by Crippen LogP contribution is 2.27. The van der Waals surface area contributed by atoms with E-state index in [1.807, 2.05) is 62.4 Å². The quantitative estimate of drug-likeness (QED) is 0.291. The first-order chi connectivity index (χ1) is 17.7. The van der Waals surface area contributed by atoms with Crippen molar-refractivity contribution in [1.82, 2.24) is 5.43 Å². The molecule has 9 nitrogen and oxygen atoms in total. The number of nitrogens with zero attached hydrogens (tertiary/aromatic N) is 1. The maximum Gasteiger partial charge on any atom is 0.323 e. The molecule has 194 valence electrons. The molecule has 4 N–H and O–H groups in total. The number of ether oxygens (including phenoxy) is 1. The van der Waals surface area contributed by atoms with Crippen LogP contribution in [0.5, 0.6) is 5.75 Å². The highest BCUT2D eigenvalue weighted by molar-refractivity contribution is 6.01. The van der Waals surface area contributed by atoms with Crippen LogP contribution >= 0.6 is 0 Å². The minimum atomic E-state index is -0.841. The van der Waals surface area contributed by atoms with Crippen LogP contribution in [0.2, 0.25) is 0 Å². The molecule has 0 saturated carbocycles. The number of amides is 3. The Hall–Kier alpha value is -4.53. The summed E-state index contributed by atoms with van der Waals surface area (Å²) in [5.41, 5.74) is 7.34. The highest BCUT2D eigenvalue weighted by Gasteiger charge is 2.14. The van der Waals surface area contributed by atoms with Crippen molar-refractivity contribution in [2.45, 2.75) is 32.6 Å². The first-order valence-electron chi connectivity index (χ1n) is 11.8. The van der Waals surface area contributed by atoms with Gasteiger partial charge in [-0.25, -0.2) is 4.79 Å². The summed E-state index contributed by atoms with van der Waals surface area (Å²) in [6.07, 6.45) is 0.158. The number of carbonyl (C=O) groups is 3. The Morgan fingerprint density at radius 2 is 1.65 bits per heavy atom. The van der Waals surface area contributed by atoms with Crippen molar-refractivity contribution < 1.29 is 24.2 Å². The van der Waals surface area contributed by atoms with Gasteiger partial charge in [0.15, 0.2) is 0 Å². The van der Waals surface area contributed by atoms with E-state index in [1.54, 1.807) is 30.3 Å². The number of methoxy groups -OCH3 is 1. The van der Waals surface area contributed by atoms with Gasteiger partial charge in [-0.15, -0.1) is 0 Å². The van der Waals surface area contributed by atoms with Crippen LogP contribution in [-0.4, -0.2) is 37.2 Å². The molecule has 1 unspecified atom stereocenters. The molecule has 9 heteroatoms. The van der Waals surface area contributed by atoms with Crippen LogP contribution in [0, 0.1) is 6.92 Å². The van der Waals surface area contributed by atoms with Gasteiger partial charge in [-0.05, 0) is 59.9 Å². The lowest BCUT2D eigenvalue weighted by Crippen LogP contribution is -2.40. The number of benzene rings is 3. The molecular formula is C28H32N4O5. The standard InChI is InChI=1S/C28H32N4O5/c1-18-7-5-6-8-23(18)29-28(36)30-24-14-9-20(16-25(24)37-4)17-26(33)31-32(3)22-12-10-21(11-13-22)19(2)15-27(34)35/h5-14,16,19H,15,17H2,1-4H3,(H,31,33)(H,34,35)(H2,29,30,36). The molecule has 0 bridgehead atoms. The minimum absolute atomic E-state index is 0.0566. The number of hydrogen-bond donors (Lipinski definition) is 4. The number of urea groups is 1. The Bertz CT molecular complexity index is 1260. The number of carboxylic acid groups (broad SMARTS) is 1. The predicted molar refractivity (Wildman–Crippen MR) is 144 cm³/mol. The van der Waals surface area contributed by atoms with Crippen molar-refractivity contribution in [3.8, 4) is 5.75 Å². The number of rotatable bonds is 10. The zero-order valence-electron chi connectivity index (χ0n) is 21.4. The summed E-state index contributed by atoms with van der Waals surface area (Å²) in [4.78, 5) is 36.0. The molecule has 0 aliphatic carbocycles. The average Bonchev–Trinajstić information content (AvgIpc) is 2.86. The molecule has 0 aromatic heterocycles. The average molecular weight is 505 g/mol. The molecule has 0 saturated heterocycles. The van der Waals surface area contributed by atoms with Crippen molar-refractivity contribution in [1.29, 1.82) is 0 Å². The summed E-state index contributed by atoms with van der Waals surface area (Å²) in [6, 6.07) is 19.6. The van der Waals surface area contributed by atoms with Gasteiger partial charge in [0.25, 0.3) is 0 Å². The topological polar surface area (TPSA) is 120 Å². The van der Waals surface area contributed by atoms with Crippen LogP contribution in [0.25, 0.3) is 0 Å². The number of carbonyl (C=O) groups excluding carboxylic acids is 2. The number of nitrogens with one attached hydrogen (secondary N) is 3. The van der Waals surface area contributed by atoms with E-state index in [9.17, 15) is 14.4 Å². The SMILES string of the molecule is COc1cc(CC(=O)NN(C)c2ccc(C(C)CC(=O)O)cc2)ccc1NC(=O)Nc1ccccc1C. The van der Waals surface area contributed by atoms with Gasteiger partial charge in [-0.3, -0.25) is 20.0 Å². The molecule has 3 rings (SSSR count). The number of aryl methyl sites for hydroxylation is 1. The van der Waals surface area contributed by atoms with E-state index in [1.165, 1.54) is 7.11 Å². The normalized spacial score (nSPS) is 11.2. The number of carboxylic acids is 1. The second-order valence-electron chi connectivity index (χ2n) is 8.79. The molecule has 3 aromatic rings. The van der Waals surface area contributed by atoms with Crippen molar-refractivity contribution in [3.05, 3.63) is 83.4 Å². The van der Waals surface area contributed by atoms with E-state index >= 15 is 0 Å². The molecule has 0 aliphatic heterocycles. The lowest BCUT2D eigenvalue weighted by Gasteiger charge is -2.21. The second-order valence-corrected chi connectivity index (χ2v) is 8.79. The fourth-order valence-electron chi connectivity index (χ4n) is 3.82. The Balaban J connectivity index is 1.58. The lowest BCUT2D eigenvalue weighted by atomic mass is 9.98. The fraction of sp³-hybridized carbons (Fsp3) is 0.250. The summed E-state index contributed by atoms with van der Waals surface area (Å²) in [5, 5.41) is 16.2. The molecule has 3 amide bonds. The van der Waals surface area contributed by atoms with E-state index in [4.69, 9.17) is 9.84 Å². The molecular weight excluding hydrogens is 472 g/mol. The fourth-order valence-corrected chi connectivity index (χ4v) is 3.82. The predicted octanol–water partition coefficient (Wildman–Crippen LogP) is 4.94. The van der Waals surface area contributed by atoms with Crippen molar-refractivity contribution in [2.75, 3.05) is 29.8 Å². The monoisotopic (exact) mass is 504 g/mol. The van der Waals surface area contributed by atoms with Crippen LogP contribution < -0.4 is 25.8 Å². The van der Waals surface area contributed by atoms with E-state index < -0.39 is 12.0 Å². The number of hydrazine groups is 1. The van der Waals surface area contributed by atoms with Gasteiger partial charge in [0.2, 0.25) is 5.91 Å². The largest absolute Gasteiger partial charge is 0.495 e. The summed E-state index contributed by atoms with van der Waals surface area (Å²) in [6.45, 7) is 3.77. The number of hydrogen-bond acceptors (Lipinski definition) is 5. The van der Waals surface area contributed by atoms with Gasteiger partial charge in [0, 0.05) is 12.7 Å². The Kier molecular flexibility index (Phi) is 9.10. The maximum absolute atomic E-state index is 12.7. The van der Waals surface area contributed by atoms with Crippen molar-refractivity contribution in [3.63, 3.8) is 0 Å². The van der Waals surface area contributed by atoms with E-state index in [-0.39, 0.29) is 24.7 Å². The molecule has 37 heavy (non-hydrogen) atoms. The highest BCUT2D eigenvalue weighted by atomic mass is 16.5. The number of aliphatic carboxylic acids is 1. The molecule has 0 radical (unpaired) electrons. The van der Waals surface area contributed by atoms with Crippen molar-refractivity contribution in [2.24, 2.45) is 0 Å². The van der Waals surface area contributed by atoms with Gasteiger partial charge in [-0.1, -0.05) is 43.3 Å². The van der Waals surface area contributed by atoms with Crippen LogP contribution in [-0.2, 0) is 16.0 Å². The van der Waals surface area contributed by atoms with E-state index in [0.717, 1.165) is 16.8 Å². The molecule has 0 heterocycles. The van der Waals surface area contributed by atoms with E-state index in [2.05, 4.69) is 16.1 Å². The lowest BCUT2D eigenvalue weighted by molar-refractivity contribution is -0.137. The summed E-state index contributed by atoms with van der Waals surface area (Å²) in [7, 11) is 3.23. The van der Waals surface area contributed by atoms with Crippen LogP contribution in [0.1, 0.15) is 36.0 Å². The van der Waals surface area contributed by atoms with E-state index in [0.29, 0.717) is 22.7 Å². The molecule has 3 aromatic carbocycles. The third-order valence-corrected chi connectivity index (χ3v) is 5.89. The van der Waals surface area contributed by atoms with Gasteiger partial charge >= 0.3 is 12.0 Å². The third kappa shape index (κ3) is 7.73. The Morgan fingerprint density at radius 1 is 0.973 bits per heavy atom. The van der Waals surface area contributed by atoms with Gasteiger partial charge < -0.3 is 20.5 Å². The van der Waals surface area contributed by atoms with Crippen LogP contribution in [0.15, 0.2) is 66.7 Å². The zero-order valence-corrected chi connectivity index (χ0v) is 21.4. The Morgan fingerprint density at radius 3 is 2.30 bits per heavy atom. The maximum atomic E-state index is 12.7. The molecule has 0 spiro atoms. The Labute approximate surface area is 216 Å². The first-order valence-corrected chi connectivity index (χ1v) is 11.8. The third-order valence-electron chi connectivity index (χ3n) is 5.89. The zero-order chi connectivity index (χ0) is 26.9. The van der Waals surface area contributed by atoms with Gasteiger partial charge in [0.1, 0.15) is 5.75 Å². The molecule has 0 aliphatic rings. The van der Waals surface area contributed by atoms with Crippen LogP contribution in [0.3, 0.4) is 0 Å². The molecule has 0 fully saturated rings. The summed E-state index contributed by atoms with van der Waals surface area (Å²) < 4.78 is 5.43. The first kappa shape index (κ1) is 27.1. The number of para-hydroxylation sites is 1. The van der Waals surface area contributed by atoms with Gasteiger partial charge in [0.05, 0.1) is 31.3 Å². The molecule has 1 atom stereocenters. The van der Waals surface area contributed by atoms with Crippen molar-refractivity contribution >= 4 is 35.0 Å². The summed E-state index contributed by atoms with van der Waals surface area (Å²) in [5.74, 6) is -0.741. The minimum Gasteiger partial charge on any atom is -0.495 e.